The Balaban J connectivity index is 0.000000605. The Morgan fingerprint density at radius 1 is 1.45 bits per heavy atom. The van der Waals surface area contributed by atoms with Crippen LogP contribution in [0.5, 0.6) is 0 Å². The van der Waals surface area contributed by atoms with E-state index in [4.69, 9.17) is 0 Å². The van der Waals surface area contributed by atoms with Crippen LogP contribution >= 0.6 is 0 Å². The minimum atomic E-state index is -0.168. The van der Waals surface area contributed by atoms with E-state index in [1.54, 1.807) is 0 Å². The van der Waals surface area contributed by atoms with Crippen LogP contribution in [0.15, 0.2) is 17.3 Å². The normalized spacial score (nSPS) is 9.45. The van der Waals surface area contributed by atoms with E-state index in [0.717, 1.165) is 0 Å². The summed E-state index contributed by atoms with van der Waals surface area (Å²) >= 11 is 0. The summed E-state index contributed by atoms with van der Waals surface area (Å²) < 4.78 is 0. The van der Waals surface area contributed by atoms with Gasteiger partial charge in [0.1, 0.15) is 5.39 Å². The Hall–Kier alpha value is -0.0136. The molecule has 0 fully saturated rings. The average molecular weight is 176 g/mol. The fourth-order valence-electron chi connectivity index (χ4n) is 0.777. The molecule has 52 valence electrons. The summed E-state index contributed by atoms with van der Waals surface area (Å²) in [6.07, 6.45) is 2.78. The van der Waals surface area contributed by atoms with E-state index >= 15 is 0 Å². The summed E-state index contributed by atoms with van der Waals surface area (Å²) in [5.41, 5.74) is 0.350. The monoisotopic (exact) mass is 176 g/mol. The van der Waals surface area contributed by atoms with E-state index in [0.29, 0.717) is 11.0 Å². The molecular weight excluding hydrogens is 171 g/mol. The second-order valence-electron chi connectivity index (χ2n) is 1.86. The third-order valence-electron chi connectivity index (χ3n) is 1.25. The van der Waals surface area contributed by atoms with Gasteiger partial charge in [-0.15, -0.1) is 0 Å². The second kappa shape index (κ2) is 3.59. The Labute approximate surface area is 104 Å². The van der Waals surface area contributed by atoms with E-state index < -0.39 is 0 Å². The molecule has 0 aliphatic carbocycles. The molecule has 0 spiro atoms. The average Bonchev–Trinajstić information content (AvgIpc) is 2.36. The molecule has 0 atom stereocenters. The maximum absolute atomic E-state index is 10.9. The first-order valence-electron chi connectivity index (χ1n) is 2.75. The van der Waals surface area contributed by atoms with Crippen molar-refractivity contribution in [1.82, 2.24) is 20.2 Å². The molecule has 0 aromatic carbocycles. The van der Waals surface area contributed by atoms with Crippen LogP contribution in [0.2, 0.25) is 0 Å². The molecule has 0 radical (unpaired) electrons. The summed E-state index contributed by atoms with van der Waals surface area (Å²) in [4.78, 5) is 17.1. The zero-order valence-corrected chi connectivity index (χ0v) is 4.96. The summed E-state index contributed by atoms with van der Waals surface area (Å²) in [6, 6.07) is 0. The van der Waals surface area contributed by atoms with Crippen molar-refractivity contribution in [3.8, 4) is 0 Å². The predicted octanol–water partition coefficient (Wildman–Crippen LogP) is -1.00. The van der Waals surface area contributed by atoms with Crippen LogP contribution in [-0.4, -0.2) is 71.5 Å². The maximum atomic E-state index is 10.9. The molecule has 11 heavy (non-hydrogen) atoms. The molecule has 0 aliphatic rings. The van der Waals surface area contributed by atoms with E-state index in [1.165, 1.54) is 12.5 Å². The van der Waals surface area contributed by atoms with Gasteiger partial charge in [0.25, 0.3) is 5.56 Å². The van der Waals surface area contributed by atoms with Gasteiger partial charge in [-0.05, 0) is 0 Å². The first-order valence-corrected chi connectivity index (χ1v) is 2.75. The molecule has 0 aliphatic heterocycles. The van der Waals surface area contributed by atoms with Gasteiger partial charge in [0, 0.05) is 0 Å². The number of aromatic nitrogens is 4. The predicted molar refractivity (Wildman–Crippen MR) is 41.7 cm³/mol. The molecule has 2 N–H and O–H groups in total. The third kappa shape index (κ3) is 1.59. The molecule has 0 saturated carbocycles. The van der Waals surface area contributed by atoms with Crippen LogP contribution in [0, 0.1) is 0 Å². The first kappa shape index (κ1) is 9.08. The van der Waals surface area contributed by atoms with Crippen molar-refractivity contribution >= 4 is 62.4 Å². The fourth-order valence-corrected chi connectivity index (χ4v) is 0.777. The number of fused-ring (bicyclic) bond motifs is 1. The summed E-state index contributed by atoms with van der Waals surface area (Å²) in [5.74, 6) is 0. The number of rotatable bonds is 0. The number of nitrogens with one attached hydrogen (secondary N) is 2. The van der Waals surface area contributed by atoms with Gasteiger partial charge >= 0.3 is 51.4 Å². The van der Waals surface area contributed by atoms with Gasteiger partial charge in [-0.3, -0.25) is 9.89 Å². The standard InChI is InChI=1S/C5H4N4O.K.H/c10-5-3-1-8-9-4(3)6-2-7-5;;/h1-2H,(H2,6,7,8,9,10);;. The number of nitrogens with zero attached hydrogens (tertiary/aromatic N) is 2. The topological polar surface area (TPSA) is 74.4 Å². The molecule has 6 heteroatoms. The van der Waals surface area contributed by atoms with Crippen LogP contribution in [-0.2, 0) is 0 Å². The minimum absolute atomic E-state index is 0. The zero-order chi connectivity index (χ0) is 6.97. The Morgan fingerprint density at radius 3 is 3.00 bits per heavy atom. The van der Waals surface area contributed by atoms with Gasteiger partial charge in [-0.2, -0.15) is 5.10 Å². The summed E-state index contributed by atoms with van der Waals surface area (Å²) in [5, 5.41) is 6.72. The van der Waals surface area contributed by atoms with Crippen molar-refractivity contribution in [2.75, 3.05) is 0 Å². The van der Waals surface area contributed by atoms with Crippen molar-refractivity contribution in [2.24, 2.45) is 0 Å². The summed E-state index contributed by atoms with van der Waals surface area (Å²) in [7, 11) is 0. The van der Waals surface area contributed by atoms with E-state index in [1.807, 2.05) is 0 Å². The van der Waals surface area contributed by atoms with Crippen LogP contribution in [0.3, 0.4) is 0 Å². The SMILES string of the molecule is O=c1[nH]cnc2[nH]ncc12.[KH]. The Kier molecular flexibility index (Phi) is 2.96. The number of aromatic amines is 2. The van der Waals surface area contributed by atoms with Crippen molar-refractivity contribution in [2.45, 2.75) is 0 Å². The van der Waals surface area contributed by atoms with Crippen molar-refractivity contribution in [1.29, 1.82) is 0 Å². The molecule has 2 heterocycles. The molecular formula is C5H5KN4O. The molecule has 5 nitrogen and oxygen atoms in total. The molecule has 0 bridgehead atoms. The van der Waals surface area contributed by atoms with Crippen LogP contribution in [0.25, 0.3) is 11.0 Å². The molecule has 0 saturated heterocycles. The van der Waals surface area contributed by atoms with Gasteiger partial charge < -0.3 is 4.98 Å². The molecule has 2 aromatic heterocycles. The van der Waals surface area contributed by atoms with Gasteiger partial charge in [0.15, 0.2) is 5.65 Å². The van der Waals surface area contributed by atoms with E-state index in [9.17, 15) is 4.79 Å². The number of hydrogen-bond donors (Lipinski definition) is 2. The molecule has 2 rings (SSSR count). The van der Waals surface area contributed by atoms with Crippen molar-refractivity contribution in [3.63, 3.8) is 0 Å². The first-order chi connectivity index (χ1) is 4.88. The molecule has 0 amide bonds. The molecule has 2 aromatic rings. The number of H-pyrrole nitrogens is 2. The van der Waals surface area contributed by atoms with E-state index in [2.05, 4.69) is 20.2 Å². The van der Waals surface area contributed by atoms with Gasteiger partial charge in [0.05, 0.1) is 12.5 Å². The van der Waals surface area contributed by atoms with Gasteiger partial charge in [-0.1, -0.05) is 0 Å². The zero-order valence-electron chi connectivity index (χ0n) is 4.96. The second-order valence-corrected chi connectivity index (χ2v) is 1.86. The molecule has 0 unspecified atom stereocenters. The van der Waals surface area contributed by atoms with Crippen molar-refractivity contribution < 1.29 is 0 Å². The third-order valence-corrected chi connectivity index (χ3v) is 1.25. The summed E-state index contributed by atoms with van der Waals surface area (Å²) in [6.45, 7) is 0. The van der Waals surface area contributed by atoms with Gasteiger partial charge in [-0.25, -0.2) is 4.98 Å². The van der Waals surface area contributed by atoms with Gasteiger partial charge in [0.2, 0.25) is 0 Å². The van der Waals surface area contributed by atoms with Crippen LogP contribution < -0.4 is 5.56 Å². The van der Waals surface area contributed by atoms with Crippen LogP contribution in [0.1, 0.15) is 0 Å². The van der Waals surface area contributed by atoms with Crippen molar-refractivity contribution in [3.05, 3.63) is 22.9 Å². The van der Waals surface area contributed by atoms with Crippen LogP contribution in [0.4, 0.5) is 0 Å². The fraction of sp³-hybridized carbons (Fsp3) is 0. The number of hydrogen-bond acceptors (Lipinski definition) is 3. The quantitative estimate of drug-likeness (QED) is 0.505. The Bertz CT molecular complexity index is 406. The Morgan fingerprint density at radius 2 is 2.27 bits per heavy atom. The van der Waals surface area contributed by atoms with E-state index in [-0.39, 0.29) is 56.9 Å².